The molecule has 0 radical (unpaired) electrons. The molecule has 92 valence electrons. The zero-order chi connectivity index (χ0) is 12.8. The molecule has 17 heavy (non-hydrogen) atoms. The molecule has 0 amide bonds. The monoisotopic (exact) mass is 336 g/mol. The third-order valence-electron chi connectivity index (χ3n) is 2.33. The van der Waals surface area contributed by atoms with E-state index in [4.69, 9.17) is 9.66 Å². The second-order valence-corrected chi connectivity index (χ2v) is 7.71. The summed E-state index contributed by atoms with van der Waals surface area (Å²) in [4.78, 5) is 0. The largest absolute Gasteiger partial charge is 0.356 e. The number of thiophene rings is 1. The highest BCUT2D eigenvalue weighted by Crippen LogP contribution is 2.38. The van der Waals surface area contributed by atoms with Gasteiger partial charge in [0.15, 0.2) is 5.76 Å². The molecule has 0 fully saturated rings. The quantitative estimate of drug-likeness (QED) is 0.912. The number of halogens is 1. The van der Waals surface area contributed by atoms with Crippen molar-refractivity contribution in [2.45, 2.75) is 18.1 Å². The van der Waals surface area contributed by atoms with Crippen LogP contribution in [0.4, 0.5) is 0 Å². The topological polar surface area (TPSA) is 86.2 Å². The molecule has 0 aliphatic heterocycles. The molecule has 0 bridgehead atoms. The molecule has 8 heteroatoms. The number of aromatic nitrogens is 1. The second-order valence-electron chi connectivity index (χ2n) is 3.52. The first-order valence-corrected chi connectivity index (χ1v) is 7.71. The van der Waals surface area contributed by atoms with Crippen LogP contribution in [0.1, 0.15) is 11.3 Å². The number of hydrogen-bond acceptors (Lipinski definition) is 5. The van der Waals surface area contributed by atoms with Crippen molar-refractivity contribution in [2.75, 3.05) is 0 Å². The van der Waals surface area contributed by atoms with Crippen LogP contribution in [0, 0.1) is 13.8 Å². The summed E-state index contributed by atoms with van der Waals surface area (Å²) in [6, 6.07) is 1.66. The fraction of sp³-hybridized carbons (Fsp3) is 0.222. The van der Waals surface area contributed by atoms with Crippen LogP contribution in [-0.2, 0) is 10.0 Å². The Hall–Kier alpha value is -0.700. The molecule has 0 unspecified atom stereocenters. The van der Waals surface area contributed by atoms with Crippen LogP contribution in [0.25, 0.3) is 11.3 Å². The van der Waals surface area contributed by atoms with Crippen LogP contribution in [0.3, 0.4) is 0 Å². The maximum atomic E-state index is 11.5. The van der Waals surface area contributed by atoms with Crippen LogP contribution < -0.4 is 5.14 Å². The van der Waals surface area contributed by atoms with Crippen molar-refractivity contribution < 1.29 is 12.9 Å². The van der Waals surface area contributed by atoms with Crippen molar-refractivity contribution >= 4 is 37.3 Å². The van der Waals surface area contributed by atoms with Crippen LogP contribution >= 0.6 is 27.3 Å². The third-order valence-corrected chi connectivity index (χ3v) is 5.44. The molecule has 2 heterocycles. The highest BCUT2D eigenvalue weighted by atomic mass is 79.9. The summed E-state index contributed by atoms with van der Waals surface area (Å²) in [5.74, 6) is 0.438. The van der Waals surface area contributed by atoms with E-state index in [1.54, 1.807) is 13.0 Å². The van der Waals surface area contributed by atoms with Gasteiger partial charge in [-0.1, -0.05) is 5.16 Å². The lowest BCUT2D eigenvalue weighted by Gasteiger charge is -1.98. The van der Waals surface area contributed by atoms with Gasteiger partial charge < -0.3 is 4.52 Å². The summed E-state index contributed by atoms with van der Waals surface area (Å²) in [6.45, 7) is 3.61. The first-order valence-electron chi connectivity index (χ1n) is 4.56. The maximum absolute atomic E-state index is 11.5. The van der Waals surface area contributed by atoms with E-state index in [-0.39, 0.29) is 4.21 Å². The number of rotatable bonds is 2. The number of primary sulfonamides is 1. The molecule has 0 saturated carbocycles. The summed E-state index contributed by atoms with van der Waals surface area (Å²) in [5.41, 5.74) is 1.98. The average molecular weight is 337 g/mol. The molecule has 2 aromatic heterocycles. The van der Waals surface area contributed by atoms with Gasteiger partial charge >= 0.3 is 0 Å². The van der Waals surface area contributed by atoms with Gasteiger partial charge in [0.2, 0.25) is 10.0 Å². The minimum Gasteiger partial charge on any atom is -0.356 e. The van der Waals surface area contributed by atoms with Gasteiger partial charge in [0.25, 0.3) is 0 Å². The van der Waals surface area contributed by atoms with Gasteiger partial charge in [0.05, 0.1) is 15.0 Å². The highest BCUT2D eigenvalue weighted by molar-refractivity contribution is 9.11. The Bertz CT molecular complexity index is 672. The summed E-state index contributed by atoms with van der Waals surface area (Å²) in [5, 5.41) is 8.97. The van der Waals surface area contributed by atoms with Crippen molar-refractivity contribution in [1.82, 2.24) is 5.16 Å². The molecule has 0 aliphatic rings. The van der Waals surface area contributed by atoms with E-state index in [1.807, 2.05) is 6.92 Å². The Balaban J connectivity index is 2.72. The van der Waals surface area contributed by atoms with Crippen LogP contribution in [0.15, 0.2) is 18.6 Å². The lowest BCUT2D eigenvalue weighted by atomic mass is 10.1. The summed E-state index contributed by atoms with van der Waals surface area (Å²) < 4.78 is 28.8. The fourth-order valence-corrected chi connectivity index (χ4v) is 4.23. The van der Waals surface area contributed by atoms with E-state index in [1.165, 1.54) is 0 Å². The van der Waals surface area contributed by atoms with Gasteiger partial charge in [-0.15, -0.1) is 11.3 Å². The molecular formula is C9H9BrN2O3S2. The zero-order valence-electron chi connectivity index (χ0n) is 9.02. The minimum atomic E-state index is -3.77. The molecule has 2 aromatic rings. The maximum Gasteiger partial charge on any atom is 0.248 e. The molecule has 0 aromatic carbocycles. The molecular weight excluding hydrogens is 328 g/mol. The van der Waals surface area contributed by atoms with E-state index < -0.39 is 10.0 Å². The first kappa shape index (κ1) is 12.7. The summed E-state index contributed by atoms with van der Waals surface area (Å²) >= 11 is 4.29. The molecule has 5 nitrogen and oxygen atoms in total. The Morgan fingerprint density at radius 3 is 2.59 bits per heavy atom. The van der Waals surface area contributed by atoms with E-state index in [0.717, 1.165) is 22.6 Å². The van der Waals surface area contributed by atoms with Gasteiger partial charge in [-0.05, 0) is 35.8 Å². The van der Waals surface area contributed by atoms with Gasteiger partial charge in [-0.2, -0.15) is 0 Å². The first-order chi connectivity index (χ1) is 7.80. The predicted molar refractivity (Wildman–Crippen MR) is 68.4 cm³/mol. The molecule has 2 N–H and O–H groups in total. The molecule has 0 atom stereocenters. The van der Waals surface area contributed by atoms with Gasteiger partial charge in [0, 0.05) is 5.56 Å². The number of nitrogens with zero attached hydrogens (tertiary/aromatic N) is 1. The van der Waals surface area contributed by atoms with Crippen LogP contribution in [0.5, 0.6) is 0 Å². The SMILES string of the molecule is Cc1noc(-c2cc(Br)sc2S(N)(=O)=O)c1C. The van der Waals surface area contributed by atoms with E-state index >= 15 is 0 Å². The zero-order valence-corrected chi connectivity index (χ0v) is 12.2. The van der Waals surface area contributed by atoms with E-state index in [2.05, 4.69) is 21.1 Å². The molecule has 2 rings (SSSR count). The third kappa shape index (κ3) is 2.30. The van der Waals surface area contributed by atoms with Gasteiger partial charge in [-0.3, -0.25) is 0 Å². The van der Waals surface area contributed by atoms with Crippen LogP contribution in [0.2, 0.25) is 0 Å². The molecule has 0 spiro atoms. The average Bonchev–Trinajstić information content (AvgIpc) is 2.72. The van der Waals surface area contributed by atoms with Crippen molar-refractivity contribution in [3.05, 3.63) is 21.1 Å². The number of hydrogen-bond donors (Lipinski definition) is 1. The smallest absolute Gasteiger partial charge is 0.248 e. The lowest BCUT2D eigenvalue weighted by Crippen LogP contribution is -2.11. The predicted octanol–water partition coefficient (Wildman–Crippen LogP) is 2.43. The van der Waals surface area contributed by atoms with Gasteiger partial charge in [-0.25, -0.2) is 13.6 Å². The normalized spacial score (nSPS) is 12.0. The van der Waals surface area contributed by atoms with E-state index in [9.17, 15) is 8.42 Å². The fourth-order valence-electron chi connectivity index (χ4n) is 1.38. The van der Waals surface area contributed by atoms with Gasteiger partial charge in [0.1, 0.15) is 4.21 Å². The van der Waals surface area contributed by atoms with Crippen molar-refractivity contribution in [3.63, 3.8) is 0 Å². The minimum absolute atomic E-state index is 0.0728. The second kappa shape index (κ2) is 4.20. The molecule has 0 saturated heterocycles. The number of nitrogens with two attached hydrogens (primary N) is 1. The van der Waals surface area contributed by atoms with Crippen molar-refractivity contribution in [3.8, 4) is 11.3 Å². The van der Waals surface area contributed by atoms with E-state index in [0.29, 0.717) is 15.1 Å². The van der Waals surface area contributed by atoms with Crippen molar-refractivity contribution in [1.29, 1.82) is 0 Å². The summed E-state index contributed by atoms with van der Waals surface area (Å²) in [6.07, 6.45) is 0. The van der Waals surface area contributed by atoms with Crippen molar-refractivity contribution in [2.24, 2.45) is 5.14 Å². The van der Waals surface area contributed by atoms with Crippen LogP contribution in [-0.4, -0.2) is 13.6 Å². The highest BCUT2D eigenvalue weighted by Gasteiger charge is 2.23. The standard InChI is InChI=1S/C9H9BrN2O3S2/c1-4-5(2)12-15-8(4)6-3-7(10)16-9(6)17(11,13)14/h3H,1-2H3,(H2,11,13,14). The Labute approximate surface area is 111 Å². The Morgan fingerprint density at radius 1 is 1.47 bits per heavy atom. The number of sulfonamides is 1. The molecule has 0 aliphatic carbocycles. The Kier molecular flexibility index (Phi) is 3.15. The lowest BCUT2D eigenvalue weighted by molar-refractivity contribution is 0.426. The summed E-state index contributed by atoms with van der Waals surface area (Å²) in [7, 11) is -3.77. The number of aryl methyl sites for hydroxylation is 1. The Morgan fingerprint density at radius 2 is 2.12 bits per heavy atom.